The molecule has 2 aliphatic rings. The van der Waals surface area contributed by atoms with Gasteiger partial charge in [0.1, 0.15) is 43.2 Å². The Morgan fingerprint density at radius 3 is 1.54 bits per heavy atom. The first-order chi connectivity index (χ1) is 32.6. The van der Waals surface area contributed by atoms with Crippen LogP contribution in [0.25, 0.3) is 0 Å². The second-order valence-corrected chi connectivity index (χ2v) is 19.5. The number of carbonyl (C=O) groups is 2. The highest BCUT2D eigenvalue weighted by Gasteiger charge is 2.54. The SMILES string of the molecule is CCCCC/C=C\C/C=C\C/C=C\C/C=C\CCCC(=O)O[C@H](COC(=O)CCC/C=C\C/C=C\C/C=C\CC1OC1CCCCC)COP(=O)(O)O[C@H]1C(O)C(O)C(O)[C@@H](OP(=O)(O)O)C1O. The molecule has 0 aromatic heterocycles. The molecule has 1 aliphatic heterocycles. The summed E-state index contributed by atoms with van der Waals surface area (Å²) in [6.45, 7) is 2.94. The number of carbonyl (C=O) groups excluding carboxylic acids is 2. The minimum absolute atomic E-state index is 0.0246. The first-order valence-corrected chi connectivity index (χ1v) is 27.3. The number of aliphatic hydroxyl groups excluding tert-OH is 4. The number of phosphoric ester groups is 2. The molecule has 388 valence electrons. The first kappa shape index (κ1) is 61.3. The predicted molar refractivity (Wildman–Crippen MR) is 259 cm³/mol. The molecule has 7 unspecified atom stereocenters. The number of ether oxygens (including phenoxy) is 3. The van der Waals surface area contributed by atoms with E-state index in [1.54, 1.807) is 0 Å². The molecular formula is C49H80O17P2. The standard InChI is InChI=1S/C49H80O17P2/c1-3-5-7-8-9-10-11-12-13-14-15-16-17-22-25-28-32-36-43(51)63-39(38-62-68(59,60)66-49-46(54)44(52)45(53)48(47(49)55)65-67(56,57)58)37-61-42(50)35-31-27-24-21-19-18-20-23-26-30-34-41-40(64-41)33-29-6-4-2/h9-10,12-13,15-16,18,20-22,24-26,30,39-41,44-49,52-55H,3-8,11,14,17,19,23,27-29,31-38H2,1-2H3,(H,59,60)(H2,56,57,58)/b10-9-,13-12-,16-15-,20-18-,24-21-,25-22-,30-26-/t39-,40?,41?,44?,45?,46?,47?,48-,49+/m1/s1. The molecular weight excluding hydrogens is 922 g/mol. The number of esters is 2. The predicted octanol–water partition coefficient (Wildman–Crippen LogP) is 8.38. The lowest BCUT2D eigenvalue weighted by molar-refractivity contribution is -0.216. The van der Waals surface area contributed by atoms with Crippen molar-refractivity contribution in [2.45, 2.75) is 197 Å². The smallest absolute Gasteiger partial charge is 0.462 e. The van der Waals surface area contributed by atoms with Crippen LogP contribution in [-0.4, -0.2) is 115 Å². The zero-order chi connectivity index (χ0) is 50.0. The summed E-state index contributed by atoms with van der Waals surface area (Å²) >= 11 is 0. The van der Waals surface area contributed by atoms with E-state index in [0.717, 1.165) is 51.4 Å². The molecule has 10 atom stereocenters. The fourth-order valence-electron chi connectivity index (χ4n) is 6.99. The lowest BCUT2D eigenvalue weighted by atomic mass is 9.85. The zero-order valence-electron chi connectivity index (χ0n) is 39.9. The maximum Gasteiger partial charge on any atom is 0.472 e. The summed E-state index contributed by atoms with van der Waals surface area (Å²) in [5.74, 6) is -1.35. The summed E-state index contributed by atoms with van der Waals surface area (Å²) in [4.78, 5) is 54.3. The van der Waals surface area contributed by atoms with Crippen molar-refractivity contribution in [1.82, 2.24) is 0 Å². The van der Waals surface area contributed by atoms with Gasteiger partial charge in [-0.15, -0.1) is 0 Å². The van der Waals surface area contributed by atoms with Crippen molar-refractivity contribution >= 4 is 27.6 Å². The van der Waals surface area contributed by atoms with Crippen LogP contribution in [0.15, 0.2) is 85.1 Å². The van der Waals surface area contributed by atoms with Crippen LogP contribution in [0.3, 0.4) is 0 Å². The van der Waals surface area contributed by atoms with E-state index >= 15 is 0 Å². The van der Waals surface area contributed by atoms with Gasteiger partial charge in [-0.3, -0.25) is 23.2 Å². The van der Waals surface area contributed by atoms with Gasteiger partial charge in [0.15, 0.2) is 6.10 Å². The molecule has 2 rings (SSSR count). The van der Waals surface area contributed by atoms with Crippen LogP contribution in [0.2, 0.25) is 0 Å². The average molecular weight is 1000 g/mol. The van der Waals surface area contributed by atoms with Crippen LogP contribution in [0.1, 0.15) is 142 Å². The van der Waals surface area contributed by atoms with E-state index < -0.39 is 83.5 Å². The molecule has 1 aliphatic carbocycles. The Kier molecular flexibility index (Phi) is 32.5. The number of unbranched alkanes of at least 4 members (excludes halogenated alkanes) is 7. The van der Waals surface area contributed by atoms with Gasteiger partial charge >= 0.3 is 27.6 Å². The monoisotopic (exact) mass is 1000 g/mol. The molecule has 0 bridgehead atoms. The van der Waals surface area contributed by atoms with Crippen molar-refractivity contribution < 1.29 is 81.6 Å². The number of allylic oxidation sites excluding steroid dienone is 13. The number of hydrogen-bond acceptors (Lipinski definition) is 14. The average Bonchev–Trinajstić information content (AvgIpc) is 4.05. The molecule has 1 saturated carbocycles. The van der Waals surface area contributed by atoms with E-state index in [1.807, 2.05) is 30.4 Å². The molecule has 0 aromatic rings. The van der Waals surface area contributed by atoms with Gasteiger partial charge < -0.3 is 49.3 Å². The fraction of sp³-hybridized carbons (Fsp3) is 0.673. The van der Waals surface area contributed by atoms with Gasteiger partial charge in [-0.1, -0.05) is 131 Å². The summed E-state index contributed by atoms with van der Waals surface area (Å²) in [7, 11) is -10.7. The highest BCUT2D eigenvalue weighted by Crippen LogP contribution is 2.49. The molecule has 1 heterocycles. The molecule has 0 amide bonds. The maximum atomic E-state index is 13.0. The van der Waals surface area contributed by atoms with E-state index in [2.05, 4.69) is 73.1 Å². The van der Waals surface area contributed by atoms with Gasteiger partial charge in [-0.25, -0.2) is 9.13 Å². The minimum Gasteiger partial charge on any atom is -0.462 e. The van der Waals surface area contributed by atoms with Gasteiger partial charge in [0.05, 0.1) is 18.8 Å². The third-order valence-corrected chi connectivity index (χ3v) is 12.4. The van der Waals surface area contributed by atoms with E-state index in [4.69, 9.17) is 23.3 Å². The third-order valence-electron chi connectivity index (χ3n) is 10.9. The molecule has 19 heteroatoms. The van der Waals surface area contributed by atoms with E-state index in [0.29, 0.717) is 37.9 Å². The lowest BCUT2D eigenvalue weighted by Crippen LogP contribution is -2.64. The van der Waals surface area contributed by atoms with Gasteiger partial charge in [0.2, 0.25) is 0 Å². The number of rotatable bonds is 38. The summed E-state index contributed by atoms with van der Waals surface area (Å²) in [6.07, 6.45) is 31.5. The molecule has 1 saturated heterocycles. The number of epoxide rings is 1. The summed E-state index contributed by atoms with van der Waals surface area (Å²) < 4.78 is 55.0. The summed E-state index contributed by atoms with van der Waals surface area (Å²) in [5.41, 5.74) is 0. The zero-order valence-corrected chi connectivity index (χ0v) is 41.7. The topological polar surface area (TPSA) is 269 Å². The number of hydrogen-bond donors (Lipinski definition) is 7. The van der Waals surface area contributed by atoms with E-state index in [1.165, 1.54) is 38.5 Å². The summed E-state index contributed by atoms with van der Waals surface area (Å²) in [6, 6.07) is 0. The Morgan fingerprint density at radius 2 is 1.01 bits per heavy atom. The van der Waals surface area contributed by atoms with Crippen molar-refractivity contribution in [1.29, 1.82) is 0 Å². The van der Waals surface area contributed by atoms with Gasteiger partial charge in [-0.05, 0) is 83.5 Å². The lowest BCUT2D eigenvalue weighted by Gasteiger charge is -2.43. The van der Waals surface area contributed by atoms with E-state index in [9.17, 15) is 53.8 Å². The van der Waals surface area contributed by atoms with Crippen molar-refractivity contribution in [2.24, 2.45) is 0 Å². The number of aliphatic hydroxyl groups is 4. The Morgan fingerprint density at radius 1 is 0.544 bits per heavy atom. The molecule has 17 nitrogen and oxygen atoms in total. The Balaban J connectivity index is 1.83. The van der Waals surface area contributed by atoms with Crippen molar-refractivity contribution in [3.05, 3.63) is 85.1 Å². The Bertz CT molecular complexity index is 1700. The molecule has 2 fully saturated rings. The molecule has 0 spiro atoms. The van der Waals surface area contributed by atoms with Crippen LogP contribution in [0, 0.1) is 0 Å². The highest BCUT2D eigenvalue weighted by atomic mass is 31.2. The fourth-order valence-corrected chi connectivity index (χ4v) is 8.52. The van der Waals surface area contributed by atoms with Gasteiger partial charge in [0.25, 0.3) is 0 Å². The molecule has 7 N–H and O–H groups in total. The van der Waals surface area contributed by atoms with Crippen LogP contribution in [0.4, 0.5) is 0 Å². The molecule has 68 heavy (non-hydrogen) atoms. The first-order valence-electron chi connectivity index (χ1n) is 24.3. The van der Waals surface area contributed by atoms with Crippen LogP contribution >= 0.6 is 15.6 Å². The highest BCUT2D eigenvalue weighted by molar-refractivity contribution is 7.47. The van der Waals surface area contributed by atoms with Gasteiger partial charge in [0, 0.05) is 12.8 Å². The summed E-state index contributed by atoms with van der Waals surface area (Å²) in [5, 5.41) is 41.3. The molecule has 0 radical (unpaired) electrons. The minimum atomic E-state index is -5.38. The normalized spacial score (nSPS) is 25.0. The largest absolute Gasteiger partial charge is 0.472 e. The van der Waals surface area contributed by atoms with Crippen molar-refractivity contribution in [3.63, 3.8) is 0 Å². The third kappa shape index (κ3) is 29.4. The Hall–Kier alpha value is -2.86. The second-order valence-electron chi connectivity index (χ2n) is 16.9. The van der Waals surface area contributed by atoms with Crippen molar-refractivity contribution in [3.8, 4) is 0 Å². The van der Waals surface area contributed by atoms with Crippen LogP contribution in [0.5, 0.6) is 0 Å². The van der Waals surface area contributed by atoms with Crippen molar-refractivity contribution in [2.75, 3.05) is 13.2 Å². The quantitative estimate of drug-likeness (QED) is 0.0101. The second kappa shape index (κ2) is 36.1. The molecule has 0 aromatic carbocycles. The maximum absolute atomic E-state index is 13.0. The Labute approximate surface area is 403 Å². The van der Waals surface area contributed by atoms with Gasteiger partial charge in [-0.2, -0.15) is 0 Å². The number of phosphoric acid groups is 2. The van der Waals surface area contributed by atoms with E-state index in [-0.39, 0.29) is 12.8 Å². The van der Waals surface area contributed by atoms with Crippen LogP contribution in [-0.2, 0) is 46.5 Å². The van der Waals surface area contributed by atoms with Crippen LogP contribution < -0.4 is 0 Å².